The number of hydrogen-bond donors (Lipinski definition) is 0. The zero-order valence-corrected chi connectivity index (χ0v) is 4.27. The van der Waals surface area contributed by atoms with Gasteiger partial charge in [-0.3, -0.25) is 0 Å². The third-order valence-corrected chi connectivity index (χ3v) is 0.464. The first-order valence-corrected chi connectivity index (χ1v) is 1.91. The maximum atomic E-state index is 9.49. The van der Waals surface area contributed by atoms with Crippen molar-refractivity contribution in [2.75, 3.05) is 13.6 Å². The van der Waals surface area contributed by atoms with E-state index >= 15 is 0 Å². The average molecular weight is 108 g/mol. The van der Waals surface area contributed by atoms with E-state index in [0.29, 0.717) is 6.54 Å². The largest absolute Gasteiger partial charge is 0.302 e. The normalized spacial score (nSPS) is 9.17. The summed E-state index contributed by atoms with van der Waals surface area (Å²) in [5.74, 6) is 0. The molecule has 0 aromatic carbocycles. The van der Waals surface area contributed by atoms with Crippen molar-refractivity contribution in [2.45, 2.75) is 0 Å². The molecule has 0 amide bonds. The van der Waals surface area contributed by atoms with Crippen LogP contribution in [-0.4, -0.2) is 24.3 Å². The number of likely N-dealkylation sites (N-methyl/N-ethyl adjacent to an activating group) is 1. The fourth-order valence-corrected chi connectivity index (χ4v) is 0.159. The van der Waals surface area contributed by atoms with Crippen LogP contribution in [0.5, 0.6) is 0 Å². The second-order valence-corrected chi connectivity index (χ2v) is 1.53. The van der Waals surface area contributed by atoms with Crippen LogP contribution < -0.4 is 0 Å². The smallest absolute Gasteiger partial charge is 0.135 e. The standard InChI is InChI=1S/C3H6ClNO/c1-5(4)2-3-6/h3H,2H2,1H3. The summed E-state index contributed by atoms with van der Waals surface area (Å²) in [5, 5.41) is 0. The van der Waals surface area contributed by atoms with Gasteiger partial charge in [-0.25, -0.2) is 4.42 Å². The predicted molar refractivity (Wildman–Crippen MR) is 24.5 cm³/mol. The van der Waals surface area contributed by atoms with Gasteiger partial charge in [0.25, 0.3) is 0 Å². The maximum absolute atomic E-state index is 9.49. The highest BCUT2D eigenvalue weighted by Crippen LogP contribution is 1.79. The van der Waals surface area contributed by atoms with E-state index in [2.05, 4.69) is 0 Å². The lowest BCUT2D eigenvalue weighted by Crippen LogP contribution is -2.06. The Kier molecular flexibility index (Phi) is 3.08. The van der Waals surface area contributed by atoms with Gasteiger partial charge in [-0.1, -0.05) is 0 Å². The molecule has 2 nitrogen and oxygen atoms in total. The van der Waals surface area contributed by atoms with Crippen molar-refractivity contribution in [1.82, 2.24) is 4.42 Å². The van der Waals surface area contributed by atoms with Gasteiger partial charge in [0.05, 0.1) is 6.54 Å². The number of nitrogens with zero attached hydrogens (tertiary/aromatic N) is 1. The van der Waals surface area contributed by atoms with Crippen molar-refractivity contribution >= 4 is 18.1 Å². The Morgan fingerprint density at radius 2 is 2.50 bits per heavy atom. The van der Waals surface area contributed by atoms with E-state index in [1.54, 1.807) is 7.05 Å². The van der Waals surface area contributed by atoms with Crippen molar-refractivity contribution in [1.29, 1.82) is 0 Å². The topological polar surface area (TPSA) is 20.3 Å². The van der Waals surface area contributed by atoms with Crippen molar-refractivity contribution in [3.05, 3.63) is 0 Å². The molecule has 0 spiro atoms. The quantitative estimate of drug-likeness (QED) is 0.373. The highest BCUT2D eigenvalue weighted by atomic mass is 35.5. The summed E-state index contributed by atoms with van der Waals surface area (Å²) in [6, 6.07) is 0. The molecule has 0 fully saturated rings. The molecule has 36 valence electrons. The molecule has 0 aliphatic rings. The summed E-state index contributed by atoms with van der Waals surface area (Å²) < 4.78 is 1.28. The van der Waals surface area contributed by atoms with Gasteiger partial charge in [0, 0.05) is 7.05 Å². The molecule has 0 saturated carbocycles. The lowest BCUT2D eigenvalue weighted by atomic mass is 10.7. The summed E-state index contributed by atoms with van der Waals surface area (Å²) in [5.41, 5.74) is 0. The van der Waals surface area contributed by atoms with Gasteiger partial charge in [0.2, 0.25) is 0 Å². The Hall–Kier alpha value is -0.0800. The van der Waals surface area contributed by atoms with E-state index in [-0.39, 0.29) is 0 Å². The fraction of sp³-hybridized carbons (Fsp3) is 0.667. The molecule has 0 radical (unpaired) electrons. The van der Waals surface area contributed by atoms with Crippen LogP contribution in [0.1, 0.15) is 0 Å². The molecule has 3 heteroatoms. The van der Waals surface area contributed by atoms with Crippen LogP contribution in [0.3, 0.4) is 0 Å². The van der Waals surface area contributed by atoms with Crippen LogP contribution in [0.2, 0.25) is 0 Å². The van der Waals surface area contributed by atoms with Gasteiger partial charge in [0.15, 0.2) is 0 Å². The first-order chi connectivity index (χ1) is 2.77. The van der Waals surface area contributed by atoms with Crippen molar-refractivity contribution in [3.8, 4) is 0 Å². The Balaban J connectivity index is 2.81. The molecular formula is C3H6ClNO. The van der Waals surface area contributed by atoms with E-state index in [9.17, 15) is 4.79 Å². The van der Waals surface area contributed by atoms with Crippen LogP contribution in [0.15, 0.2) is 0 Å². The molecule has 0 bridgehead atoms. The number of halogens is 1. The molecule has 0 aliphatic carbocycles. The minimum atomic E-state index is 0.293. The van der Waals surface area contributed by atoms with E-state index in [1.807, 2.05) is 0 Å². The lowest BCUT2D eigenvalue weighted by Gasteiger charge is -1.94. The van der Waals surface area contributed by atoms with Crippen molar-refractivity contribution in [2.24, 2.45) is 0 Å². The van der Waals surface area contributed by atoms with Gasteiger partial charge >= 0.3 is 0 Å². The van der Waals surface area contributed by atoms with E-state index in [0.717, 1.165) is 6.29 Å². The van der Waals surface area contributed by atoms with Crippen LogP contribution in [0.4, 0.5) is 0 Å². The molecule has 0 unspecified atom stereocenters. The zero-order chi connectivity index (χ0) is 4.99. The van der Waals surface area contributed by atoms with E-state index in [4.69, 9.17) is 11.8 Å². The SMILES string of the molecule is CN(Cl)CC=O. The van der Waals surface area contributed by atoms with Gasteiger partial charge in [-0.05, 0) is 11.8 Å². The average Bonchev–Trinajstić information content (AvgIpc) is 1.35. The Bertz CT molecular complexity index is 46.1. The second-order valence-electron chi connectivity index (χ2n) is 0.954. The number of carbonyl (C=O) groups is 1. The van der Waals surface area contributed by atoms with Gasteiger partial charge < -0.3 is 4.79 Å². The third kappa shape index (κ3) is 3.92. The summed E-state index contributed by atoms with van der Waals surface area (Å²) in [4.78, 5) is 9.49. The highest BCUT2D eigenvalue weighted by Gasteiger charge is 1.82. The van der Waals surface area contributed by atoms with Gasteiger partial charge in [-0.15, -0.1) is 0 Å². The zero-order valence-electron chi connectivity index (χ0n) is 3.52. The number of aldehydes is 1. The maximum Gasteiger partial charge on any atom is 0.135 e. The second kappa shape index (κ2) is 3.12. The van der Waals surface area contributed by atoms with E-state index < -0.39 is 0 Å². The molecule has 0 saturated heterocycles. The van der Waals surface area contributed by atoms with Crippen LogP contribution in [0.25, 0.3) is 0 Å². The first-order valence-electron chi connectivity index (χ1n) is 1.58. The van der Waals surface area contributed by atoms with Crippen LogP contribution in [-0.2, 0) is 4.79 Å². The summed E-state index contributed by atoms with van der Waals surface area (Å²) in [6.45, 7) is 0.293. The monoisotopic (exact) mass is 107 g/mol. The summed E-state index contributed by atoms with van der Waals surface area (Å²) in [7, 11) is 1.62. The molecule has 6 heavy (non-hydrogen) atoms. The summed E-state index contributed by atoms with van der Waals surface area (Å²) >= 11 is 5.18. The number of rotatable bonds is 2. The lowest BCUT2D eigenvalue weighted by molar-refractivity contribution is -0.107. The molecule has 0 N–H and O–H groups in total. The van der Waals surface area contributed by atoms with Crippen LogP contribution >= 0.6 is 11.8 Å². The molecule has 0 aromatic rings. The molecule has 0 atom stereocenters. The number of hydrogen-bond acceptors (Lipinski definition) is 2. The van der Waals surface area contributed by atoms with E-state index in [1.165, 1.54) is 4.42 Å². The third-order valence-electron chi connectivity index (χ3n) is 0.326. The molecule has 0 rings (SSSR count). The fourth-order valence-electron chi connectivity index (χ4n) is 0.103. The number of carbonyl (C=O) groups excluding carboxylic acids is 1. The highest BCUT2D eigenvalue weighted by molar-refractivity contribution is 6.13. The van der Waals surface area contributed by atoms with Crippen molar-refractivity contribution in [3.63, 3.8) is 0 Å². The molecule has 0 aliphatic heterocycles. The Labute approximate surface area is 41.8 Å². The van der Waals surface area contributed by atoms with Crippen LogP contribution in [0, 0.1) is 0 Å². The van der Waals surface area contributed by atoms with Crippen molar-refractivity contribution < 1.29 is 4.79 Å². The van der Waals surface area contributed by atoms with Gasteiger partial charge in [-0.2, -0.15) is 0 Å². The molecular weight excluding hydrogens is 101 g/mol. The minimum Gasteiger partial charge on any atom is -0.302 e. The summed E-state index contributed by atoms with van der Waals surface area (Å²) in [6.07, 6.45) is 0.743. The minimum absolute atomic E-state index is 0.293. The van der Waals surface area contributed by atoms with Gasteiger partial charge in [0.1, 0.15) is 6.29 Å². The predicted octanol–water partition coefficient (Wildman–Crippen LogP) is 0.271. The Morgan fingerprint density at radius 3 is 2.50 bits per heavy atom. The molecule has 0 aromatic heterocycles. The first kappa shape index (κ1) is 5.92. The molecule has 0 heterocycles. The Morgan fingerprint density at radius 1 is 2.00 bits per heavy atom.